The molecule has 0 spiro atoms. The van der Waals surface area contributed by atoms with Crippen LogP contribution in [0.4, 0.5) is 0 Å². The first-order valence-electron chi connectivity index (χ1n) is 9.01. The molecule has 3 heteroatoms. The molecule has 0 radical (unpaired) electrons. The van der Waals surface area contributed by atoms with Crippen molar-refractivity contribution in [3.8, 4) is 0 Å². The van der Waals surface area contributed by atoms with Gasteiger partial charge in [-0.25, -0.2) is 0 Å². The van der Waals surface area contributed by atoms with Crippen molar-refractivity contribution in [3.63, 3.8) is 0 Å². The summed E-state index contributed by atoms with van der Waals surface area (Å²) in [5, 5.41) is 5.05. The Labute approximate surface area is 175 Å². The van der Waals surface area contributed by atoms with Crippen LogP contribution in [0.15, 0.2) is 97.1 Å². The maximum Gasteiger partial charge on any atom is 0.0917 e. The molecule has 0 fully saturated rings. The molecule has 0 heterocycles. The van der Waals surface area contributed by atoms with Gasteiger partial charge < -0.3 is 4.52 Å². The van der Waals surface area contributed by atoms with Gasteiger partial charge in [-0.15, -0.1) is 0 Å². The van der Waals surface area contributed by atoms with Gasteiger partial charge in [0.2, 0.25) is 0 Å². The first-order valence-corrected chi connectivity index (χ1v) is 11.4. The van der Waals surface area contributed by atoms with E-state index in [0.29, 0.717) is 6.61 Å². The van der Waals surface area contributed by atoms with Crippen LogP contribution in [-0.2, 0) is 10.9 Å². The smallest absolute Gasteiger partial charge is 0.0917 e. The molecular formula is C24H20IOP. The Morgan fingerprint density at radius 3 is 2.19 bits per heavy atom. The largest absolute Gasteiger partial charge is 0.349 e. The van der Waals surface area contributed by atoms with Crippen LogP contribution >= 0.6 is 30.7 Å². The van der Waals surface area contributed by atoms with Crippen LogP contribution in [0.2, 0.25) is 0 Å². The molecule has 0 aromatic heterocycles. The van der Waals surface area contributed by atoms with Crippen LogP contribution in [0.1, 0.15) is 5.56 Å². The zero-order chi connectivity index (χ0) is 18.5. The highest BCUT2D eigenvalue weighted by Gasteiger charge is 2.16. The normalized spacial score (nSPS) is 12.2. The van der Waals surface area contributed by atoms with Crippen LogP contribution in [0.5, 0.6) is 0 Å². The highest BCUT2D eigenvalue weighted by atomic mass is 127. The SMILES string of the molecule is Ic1ccccc1CCOP(c1ccccc1)c1ccc2ccccc2c1. The molecule has 0 amide bonds. The maximum atomic E-state index is 6.48. The molecule has 4 aromatic carbocycles. The quantitative estimate of drug-likeness (QED) is 0.240. The lowest BCUT2D eigenvalue weighted by atomic mass is 10.1. The van der Waals surface area contributed by atoms with Gasteiger partial charge in [0.05, 0.1) is 14.8 Å². The molecule has 1 nitrogen and oxygen atoms in total. The van der Waals surface area contributed by atoms with E-state index in [2.05, 4.69) is 120 Å². The van der Waals surface area contributed by atoms with Gasteiger partial charge in [0.15, 0.2) is 0 Å². The Morgan fingerprint density at radius 1 is 0.667 bits per heavy atom. The molecular weight excluding hydrogens is 462 g/mol. The first-order chi connectivity index (χ1) is 13.3. The number of rotatable bonds is 6. The van der Waals surface area contributed by atoms with E-state index in [9.17, 15) is 0 Å². The topological polar surface area (TPSA) is 9.23 Å². The van der Waals surface area contributed by atoms with E-state index in [1.54, 1.807) is 0 Å². The van der Waals surface area contributed by atoms with E-state index in [1.165, 1.54) is 30.5 Å². The minimum atomic E-state index is -0.832. The fourth-order valence-corrected chi connectivity index (χ4v) is 5.55. The van der Waals surface area contributed by atoms with Crippen LogP contribution in [0.25, 0.3) is 10.8 Å². The number of halogens is 1. The number of hydrogen-bond donors (Lipinski definition) is 0. The molecule has 4 aromatic rings. The second-order valence-corrected chi connectivity index (χ2v) is 9.38. The zero-order valence-electron chi connectivity index (χ0n) is 14.9. The van der Waals surface area contributed by atoms with Crippen molar-refractivity contribution in [2.75, 3.05) is 6.61 Å². The third-order valence-electron chi connectivity index (χ3n) is 4.51. The Balaban J connectivity index is 1.60. The molecule has 0 aliphatic rings. The minimum Gasteiger partial charge on any atom is -0.349 e. The van der Waals surface area contributed by atoms with Crippen molar-refractivity contribution in [2.24, 2.45) is 0 Å². The van der Waals surface area contributed by atoms with Gasteiger partial charge in [0.1, 0.15) is 0 Å². The third kappa shape index (κ3) is 4.57. The number of benzene rings is 4. The van der Waals surface area contributed by atoms with Crippen molar-refractivity contribution in [3.05, 3.63) is 106 Å². The summed E-state index contributed by atoms with van der Waals surface area (Å²) in [6.45, 7) is 0.716. The fraction of sp³-hybridized carbons (Fsp3) is 0.0833. The van der Waals surface area contributed by atoms with E-state index in [-0.39, 0.29) is 0 Å². The minimum absolute atomic E-state index is 0.716. The molecule has 0 saturated heterocycles. The monoisotopic (exact) mass is 482 g/mol. The Morgan fingerprint density at radius 2 is 1.37 bits per heavy atom. The third-order valence-corrected chi connectivity index (χ3v) is 7.52. The van der Waals surface area contributed by atoms with Gasteiger partial charge in [0, 0.05) is 14.2 Å². The Kier molecular flexibility index (Phi) is 6.18. The Bertz CT molecular complexity index is 1030. The summed E-state index contributed by atoms with van der Waals surface area (Å²) in [6, 6.07) is 34.3. The highest BCUT2D eigenvalue weighted by Crippen LogP contribution is 2.36. The van der Waals surface area contributed by atoms with Gasteiger partial charge in [-0.2, -0.15) is 0 Å². The first kappa shape index (κ1) is 18.6. The summed E-state index contributed by atoms with van der Waals surface area (Å²) in [6.07, 6.45) is 0.929. The van der Waals surface area contributed by atoms with E-state index in [4.69, 9.17) is 4.52 Å². The number of fused-ring (bicyclic) bond motifs is 1. The van der Waals surface area contributed by atoms with Crippen LogP contribution < -0.4 is 10.6 Å². The zero-order valence-corrected chi connectivity index (χ0v) is 17.9. The Hall–Kier alpha value is -1.74. The summed E-state index contributed by atoms with van der Waals surface area (Å²) in [5.41, 5.74) is 1.35. The second kappa shape index (κ2) is 8.97. The fourth-order valence-electron chi connectivity index (χ4n) is 3.11. The van der Waals surface area contributed by atoms with E-state index < -0.39 is 8.15 Å². The molecule has 0 saturated carbocycles. The lowest BCUT2D eigenvalue weighted by molar-refractivity contribution is 0.366. The van der Waals surface area contributed by atoms with Gasteiger partial charge in [-0.05, 0) is 57.5 Å². The maximum absolute atomic E-state index is 6.48. The van der Waals surface area contributed by atoms with Gasteiger partial charge in [-0.1, -0.05) is 84.9 Å². The van der Waals surface area contributed by atoms with Crippen molar-refractivity contribution in [2.45, 2.75) is 6.42 Å². The van der Waals surface area contributed by atoms with E-state index in [1.807, 2.05) is 0 Å². The molecule has 0 bridgehead atoms. The summed E-state index contributed by atoms with van der Waals surface area (Å²) in [5.74, 6) is 0. The van der Waals surface area contributed by atoms with Crippen molar-refractivity contribution < 1.29 is 4.52 Å². The molecule has 27 heavy (non-hydrogen) atoms. The van der Waals surface area contributed by atoms with Crippen molar-refractivity contribution in [1.82, 2.24) is 0 Å². The van der Waals surface area contributed by atoms with Crippen LogP contribution in [0.3, 0.4) is 0 Å². The molecule has 0 aliphatic carbocycles. The predicted octanol–water partition coefficient (Wildman–Crippen LogP) is 6.05. The summed E-state index contributed by atoms with van der Waals surface area (Å²) in [7, 11) is -0.832. The molecule has 134 valence electrons. The van der Waals surface area contributed by atoms with Crippen LogP contribution in [-0.4, -0.2) is 6.61 Å². The standard InChI is InChI=1S/C24H20IOP/c25-24-13-7-6-9-20(24)16-17-26-27(22-11-2-1-3-12-22)23-15-14-19-8-4-5-10-21(19)18-23/h1-15,18H,16-17H2. The summed E-state index contributed by atoms with van der Waals surface area (Å²) >= 11 is 2.40. The van der Waals surface area contributed by atoms with Gasteiger partial charge in [-0.3, -0.25) is 0 Å². The number of hydrogen-bond acceptors (Lipinski definition) is 1. The molecule has 0 aliphatic heterocycles. The second-order valence-electron chi connectivity index (χ2n) is 6.34. The van der Waals surface area contributed by atoms with Crippen molar-refractivity contribution in [1.29, 1.82) is 0 Å². The van der Waals surface area contributed by atoms with Crippen molar-refractivity contribution >= 4 is 52.1 Å². The molecule has 4 rings (SSSR count). The molecule has 0 N–H and O–H groups in total. The lowest BCUT2D eigenvalue weighted by Gasteiger charge is -2.19. The van der Waals surface area contributed by atoms with Gasteiger partial charge >= 0.3 is 0 Å². The predicted molar refractivity (Wildman–Crippen MR) is 125 cm³/mol. The molecule has 1 atom stereocenters. The van der Waals surface area contributed by atoms with Gasteiger partial charge in [0.25, 0.3) is 0 Å². The van der Waals surface area contributed by atoms with E-state index >= 15 is 0 Å². The van der Waals surface area contributed by atoms with Crippen LogP contribution in [0, 0.1) is 3.57 Å². The molecule has 1 unspecified atom stereocenters. The summed E-state index contributed by atoms with van der Waals surface area (Å²) in [4.78, 5) is 0. The highest BCUT2D eigenvalue weighted by molar-refractivity contribution is 14.1. The average Bonchev–Trinajstić information content (AvgIpc) is 2.73. The summed E-state index contributed by atoms with van der Waals surface area (Å²) < 4.78 is 7.78. The van der Waals surface area contributed by atoms with E-state index in [0.717, 1.165) is 6.42 Å². The lowest BCUT2D eigenvalue weighted by Crippen LogP contribution is -2.15. The average molecular weight is 482 g/mol.